The Morgan fingerprint density at radius 3 is 2.20 bits per heavy atom. The molecule has 160 valence electrons. The van der Waals surface area contributed by atoms with Gasteiger partial charge in [-0.15, -0.1) is 0 Å². The van der Waals surface area contributed by atoms with E-state index >= 15 is 0 Å². The Morgan fingerprint density at radius 2 is 1.73 bits per heavy atom. The number of fused-ring (bicyclic) bond motifs is 1. The monoisotopic (exact) mass is 526 g/mol. The van der Waals surface area contributed by atoms with Crippen LogP contribution < -0.4 is 5.73 Å². The van der Waals surface area contributed by atoms with Crippen LogP contribution in [0.5, 0.6) is 0 Å². The van der Waals surface area contributed by atoms with Crippen LogP contribution >= 0.6 is 22.6 Å². The van der Waals surface area contributed by atoms with E-state index in [1.54, 1.807) is 18.5 Å². The van der Waals surface area contributed by atoms with Gasteiger partial charge in [0.25, 0.3) is 0 Å². The topological polar surface area (TPSA) is 137 Å². The highest BCUT2D eigenvalue weighted by Crippen LogP contribution is 2.20. The molecule has 0 bridgehead atoms. The number of anilines is 1. The molecule has 0 saturated carbocycles. The van der Waals surface area contributed by atoms with Crippen molar-refractivity contribution in [1.82, 2.24) is 15.0 Å². The fourth-order valence-electron chi connectivity index (χ4n) is 2.19. The van der Waals surface area contributed by atoms with Crippen LogP contribution in [0, 0.1) is 10.5 Å². The lowest BCUT2D eigenvalue weighted by atomic mass is 10.2. The number of rotatable bonds is 3. The third kappa shape index (κ3) is 7.78. The van der Waals surface area contributed by atoms with Gasteiger partial charge in [-0.25, -0.2) is 14.8 Å². The third-order valence-corrected chi connectivity index (χ3v) is 4.47. The molecule has 9 nitrogen and oxygen atoms in total. The second-order valence-corrected chi connectivity index (χ2v) is 7.00. The van der Waals surface area contributed by atoms with Gasteiger partial charge in [0, 0.05) is 23.5 Å². The van der Waals surface area contributed by atoms with E-state index < -0.39 is 5.97 Å². The number of ether oxygens (including phenoxy) is 2. The molecule has 0 unspecified atom stereocenters. The number of halogens is 1. The smallest absolute Gasteiger partial charge is 0.340 e. The predicted octanol–water partition coefficient (Wildman–Crippen LogP) is 3.06. The fraction of sp³-hybridized carbons (Fsp3) is 0.250. The number of methoxy groups -OCH3 is 2. The molecule has 0 spiro atoms. The maximum Gasteiger partial charge on any atom is 0.340 e. The van der Waals surface area contributed by atoms with Gasteiger partial charge in [0.1, 0.15) is 23.7 Å². The van der Waals surface area contributed by atoms with Gasteiger partial charge in [-0.05, 0) is 60.7 Å². The minimum atomic E-state index is -0.475. The highest BCUT2D eigenvalue weighted by molar-refractivity contribution is 14.1. The highest BCUT2D eigenvalue weighted by Gasteiger charge is 2.16. The van der Waals surface area contributed by atoms with E-state index in [1.807, 2.05) is 25.1 Å². The number of hydrogen-bond acceptors (Lipinski definition) is 8. The van der Waals surface area contributed by atoms with E-state index in [-0.39, 0.29) is 18.2 Å². The minimum absolute atomic E-state index is 0.115. The molecule has 0 radical (unpaired) electrons. The molecule has 0 amide bonds. The Bertz CT molecular complexity index is 998. The molecule has 0 aliphatic carbocycles. The number of H-pyrrole nitrogens is 1. The second-order valence-electron chi connectivity index (χ2n) is 5.84. The van der Waals surface area contributed by atoms with Crippen LogP contribution in [0.15, 0.2) is 36.7 Å². The fourth-order valence-corrected chi connectivity index (χ4v) is 2.53. The number of aromatic nitrogens is 3. The number of nitrogen functional groups attached to an aromatic ring is 1. The van der Waals surface area contributed by atoms with Gasteiger partial charge < -0.3 is 20.2 Å². The molecule has 10 heteroatoms. The van der Waals surface area contributed by atoms with E-state index in [0.29, 0.717) is 17.0 Å². The lowest BCUT2D eigenvalue weighted by Crippen LogP contribution is -2.05. The molecule has 30 heavy (non-hydrogen) atoms. The van der Waals surface area contributed by atoms with Gasteiger partial charge in [0.05, 0.1) is 23.4 Å². The molecular formula is C20H23IN4O5. The van der Waals surface area contributed by atoms with Gasteiger partial charge in [0.15, 0.2) is 0 Å². The first-order valence-corrected chi connectivity index (χ1v) is 9.72. The van der Waals surface area contributed by atoms with Crippen molar-refractivity contribution in [3.63, 3.8) is 0 Å². The molecule has 0 fully saturated rings. The number of hydrogen-bond donors (Lipinski definition) is 2. The second kappa shape index (κ2) is 12.5. The molecule has 3 aromatic heterocycles. The molecule has 0 atom stereocenters. The maximum absolute atomic E-state index is 11.4. The summed E-state index contributed by atoms with van der Waals surface area (Å²) in [5, 5.41) is 0.803. The van der Waals surface area contributed by atoms with E-state index in [0.717, 1.165) is 14.7 Å². The summed E-state index contributed by atoms with van der Waals surface area (Å²) in [7, 11) is 2.63. The van der Waals surface area contributed by atoms with Crippen molar-refractivity contribution >= 4 is 57.2 Å². The Balaban J connectivity index is 0.000000243. The quantitative estimate of drug-likeness (QED) is 0.302. The summed E-state index contributed by atoms with van der Waals surface area (Å²) in [4.78, 5) is 42.7. The zero-order valence-corrected chi connectivity index (χ0v) is 19.2. The molecule has 3 aromatic rings. The van der Waals surface area contributed by atoms with Crippen LogP contribution in [-0.2, 0) is 19.1 Å². The van der Waals surface area contributed by atoms with Crippen LogP contribution in [0.3, 0.4) is 0 Å². The van der Waals surface area contributed by atoms with Crippen LogP contribution in [-0.4, -0.2) is 46.9 Å². The van der Waals surface area contributed by atoms with Crippen LogP contribution in [0.1, 0.15) is 29.4 Å². The summed E-state index contributed by atoms with van der Waals surface area (Å²) in [6.45, 7) is 3.17. The Labute approximate surface area is 187 Å². The summed E-state index contributed by atoms with van der Waals surface area (Å²) in [6.07, 6.45) is 3.24. The predicted molar refractivity (Wildman–Crippen MR) is 121 cm³/mol. The van der Waals surface area contributed by atoms with Gasteiger partial charge in [-0.2, -0.15) is 0 Å². The van der Waals surface area contributed by atoms with Gasteiger partial charge in [-0.1, -0.05) is 0 Å². The molecule has 3 heterocycles. The van der Waals surface area contributed by atoms with Crippen molar-refractivity contribution in [3.8, 4) is 0 Å². The summed E-state index contributed by atoms with van der Waals surface area (Å²) in [6, 6.07) is 7.42. The average molecular weight is 526 g/mol. The van der Waals surface area contributed by atoms with E-state index in [1.165, 1.54) is 21.1 Å². The molecule has 3 rings (SSSR count). The Kier molecular flexibility index (Phi) is 10.4. The summed E-state index contributed by atoms with van der Waals surface area (Å²) in [5.74, 6) is -0.371. The number of pyridine rings is 2. The SMILES string of the molecule is COC(=O)CC(C)=O.COC(=O)c1c(C)[nH]c2ncccc12.Nc1ncccc1I. The number of nitrogens with two attached hydrogens (primary N) is 1. The standard InChI is InChI=1S/C10H10N2O2.C5H5IN2.C5H8O3/c1-6-8(10(13)14-2)7-4-3-5-11-9(7)12-6;6-4-2-1-3-8-5(4)7;1-4(6)3-5(7)8-2/h3-5H,1-2H3,(H,11,12);1-3H,(H2,7,8);3H2,1-2H3. The number of aryl methyl sites for hydroxylation is 1. The molecule has 0 aromatic carbocycles. The molecular weight excluding hydrogens is 503 g/mol. The first-order valence-electron chi connectivity index (χ1n) is 8.65. The Morgan fingerprint density at radius 1 is 1.10 bits per heavy atom. The number of nitrogens with one attached hydrogen (secondary N) is 1. The highest BCUT2D eigenvalue weighted by atomic mass is 127. The van der Waals surface area contributed by atoms with Crippen molar-refractivity contribution in [2.45, 2.75) is 20.3 Å². The van der Waals surface area contributed by atoms with Crippen molar-refractivity contribution < 1.29 is 23.9 Å². The van der Waals surface area contributed by atoms with Crippen molar-refractivity contribution in [2.75, 3.05) is 20.0 Å². The normalized spacial score (nSPS) is 9.50. The number of esters is 2. The number of ketones is 1. The molecule has 0 saturated heterocycles. The number of Topliss-reactive ketones (excluding diaryl/α,β-unsaturated/α-hetero) is 1. The molecule has 0 aliphatic rings. The van der Waals surface area contributed by atoms with Crippen LogP contribution in [0.4, 0.5) is 5.82 Å². The minimum Gasteiger partial charge on any atom is -0.469 e. The third-order valence-electron chi connectivity index (χ3n) is 3.56. The van der Waals surface area contributed by atoms with Crippen molar-refractivity contribution in [3.05, 3.63) is 51.5 Å². The molecule has 0 aliphatic heterocycles. The van der Waals surface area contributed by atoms with Crippen molar-refractivity contribution in [2.24, 2.45) is 0 Å². The Hall–Kier alpha value is -3.02. The van der Waals surface area contributed by atoms with Crippen LogP contribution in [0.2, 0.25) is 0 Å². The summed E-state index contributed by atoms with van der Waals surface area (Å²) in [5.41, 5.74) is 7.46. The first-order chi connectivity index (χ1) is 14.2. The lowest BCUT2D eigenvalue weighted by Gasteiger charge is -1.97. The zero-order chi connectivity index (χ0) is 22.7. The number of carbonyl (C=O) groups excluding carboxylic acids is 3. The van der Waals surface area contributed by atoms with Crippen molar-refractivity contribution in [1.29, 1.82) is 0 Å². The summed E-state index contributed by atoms with van der Waals surface area (Å²) >= 11 is 2.14. The largest absolute Gasteiger partial charge is 0.469 e. The lowest BCUT2D eigenvalue weighted by molar-refractivity contribution is -0.142. The van der Waals surface area contributed by atoms with E-state index in [9.17, 15) is 14.4 Å². The number of aromatic amines is 1. The summed E-state index contributed by atoms with van der Waals surface area (Å²) < 4.78 is 9.90. The average Bonchev–Trinajstić information content (AvgIpc) is 3.06. The van der Waals surface area contributed by atoms with E-state index in [4.69, 9.17) is 10.5 Å². The van der Waals surface area contributed by atoms with Gasteiger partial charge in [0.2, 0.25) is 0 Å². The zero-order valence-electron chi connectivity index (χ0n) is 17.1. The van der Waals surface area contributed by atoms with Gasteiger partial charge in [-0.3, -0.25) is 9.59 Å². The van der Waals surface area contributed by atoms with Gasteiger partial charge >= 0.3 is 11.9 Å². The van der Waals surface area contributed by atoms with Crippen LogP contribution in [0.25, 0.3) is 11.0 Å². The van der Waals surface area contributed by atoms with E-state index in [2.05, 4.69) is 42.3 Å². The number of nitrogens with zero attached hydrogens (tertiary/aromatic N) is 2. The number of carbonyl (C=O) groups is 3. The molecule has 3 N–H and O–H groups in total. The maximum atomic E-state index is 11.4. The first kappa shape index (κ1) is 25.0.